The zero-order chi connectivity index (χ0) is 19.7. The van der Waals surface area contributed by atoms with Crippen molar-refractivity contribution in [1.29, 1.82) is 0 Å². The van der Waals surface area contributed by atoms with Gasteiger partial charge in [-0.1, -0.05) is 36.7 Å². The molecule has 0 fully saturated rings. The first-order valence-corrected chi connectivity index (χ1v) is 9.67. The normalized spacial score (nSPS) is 17.8. The van der Waals surface area contributed by atoms with E-state index in [1.807, 2.05) is 36.5 Å². The number of aromatic amines is 1. The van der Waals surface area contributed by atoms with E-state index in [2.05, 4.69) is 23.2 Å². The van der Waals surface area contributed by atoms with Crippen LogP contribution in [0.15, 0.2) is 60.8 Å². The Balaban J connectivity index is 1.63. The van der Waals surface area contributed by atoms with Gasteiger partial charge in [-0.2, -0.15) is 5.10 Å². The van der Waals surface area contributed by atoms with Crippen molar-refractivity contribution in [3.8, 4) is 0 Å². The van der Waals surface area contributed by atoms with Crippen LogP contribution in [0.1, 0.15) is 29.8 Å². The first kappa shape index (κ1) is 18.7. The van der Waals surface area contributed by atoms with Crippen LogP contribution < -0.4 is 0 Å². The molecule has 2 heterocycles. The molecule has 1 aliphatic heterocycles. The number of hydrogen-bond acceptors (Lipinski definition) is 4. The number of aliphatic hydroxyl groups excluding tert-OH is 2. The molecule has 2 aromatic carbocycles. The van der Waals surface area contributed by atoms with Crippen molar-refractivity contribution >= 4 is 28.1 Å². The Morgan fingerprint density at radius 1 is 1.25 bits per heavy atom. The molecule has 3 aromatic rings. The summed E-state index contributed by atoms with van der Waals surface area (Å²) in [4.78, 5) is 1.73. The van der Waals surface area contributed by atoms with E-state index in [9.17, 15) is 10.2 Å². The van der Waals surface area contributed by atoms with Crippen molar-refractivity contribution in [1.82, 2.24) is 15.1 Å². The number of aryl methyl sites for hydroxylation is 1. The third-order valence-electron chi connectivity index (χ3n) is 5.15. The summed E-state index contributed by atoms with van der Waals surface area (Å²) in [5.74, 6) is 0. The lowest BCUT2D eigenvalue weighted by Gasteiger charge is -2.35. The van der Waals surface area contributed by atoms with E-state index < -0.39 is 6.23 Å². The number of hydrogen-bond donors (Lipinski definition) is 3. The van der Waals surface area contributed by atoms with Crippen molar-refractivity contribution in [2.24, 2.45) is 0 Å². The predicted octanol–water partition coefficient (Wildman–Crippen LogP) is 4.04. The van der Waals surface area contributed by atoms with E-state index in [4.69, 9.17) is 11.6 Å². The minimum Gasteiger partial charge on any atom is -0.394 e. The van der Waals surface area contributed by atoms with Crippen LogP contribution in [0.5, 0.6) is 0 Å². The monoisotopic (exact) mass is 395 g/mol. The highest BCUT2D eigenvalue weighted by molar-refractivity contribution is 6.30. The first-order valence-electron chi connectivity index (χ1n) is 9.30. The maximum Gasteiger partial charge on any atom is 0.147 e. The van der Waals surface area contributed by atoms with E-state index in [1.165, 1.54) is 0 Å². The minimum absolute atomic E-state index is 0.133. The predicted molar refractivity (Wildman–Crippen MR) is 112 cm³/mol. The van der Waals surface area contributed by atoms with Crippen molar-refractivity contribution in [3.63, 3.8) is 0 Å². The molecule has 144 valence electrons. The van der Waals surface area contributed by atoms with Gasteiger partial charge < -0.3 is 15.1 Å². The van der Waals surface area contributed by atoms with E-state index >= 15 is 0 Å². The minimum atomic E-state index is -0.859. The summed E-state index contributed by atoms with van der Waals surface area (Å²) in [6, 6.07) is 13.0. The maximum absolute atomic E-state index is 10.7. The number of aromatic nitrogens is 2. The highest BCUT2D eigenvalue weighted by atomic mass is 35.5. The zero-order valence-corrected chi connectivity index (χ0v) is 16.3. The lowest BCUT2D eigenvalue weighted by atomic mass is 9.98. The van der Waals surface area contributed by atoms with Crippen LogP contribution in [0.3, 0.4) is 0 Å². The first-order chi connectivity index (χ1) is 13.6. The SMILES string of the molecule is CCc1[nH]nc2ccc(C3=CC(O)N([C@H](CO)c4cccc(Cl)c4)C=C3)cc12. The zero-order valence-electron chi connectivity index (χ0n) is 15.5. The molecule has 4 rings (SSSR count). The molecule has 0 bridgehead atoms. The van der Waals surface area contributed by atoms with E-state index in [0.717, 1.165) is 39.7 Å². The highest BCUT2D eigenvalue weighted by Crippen LogP contribution is 2.31. The highest BCUT2D eigenvalue weighted by Gasteiger charge is 2.25. The fourth-order valence-electron chi connectivity index (χ4n) is 3.64. The number of fused-ring (bicyclic) bond motifs is 1. The lowest BCUT2D eigenvalue weighted by molar-refractivity contribution is 0.0255. The van der Waals surface area contributed by atoms with Crippen LogP contribution in [-0.2, 0) is 6.42 Å². The summed E-state index contributed by atoms with van der Waals surface area (Å²) in [7, 11) is 0. The molecule has 6 heteroatoms. The van der Waals surface area contributed by atoms with Gasteiger partial charge in [0.15, 0.2) is 0 Å². The number of allylic oxidation sites excluding steroid dienone is 2. The van der Waals surface area contributed by atoms with Crippen LogP contribution in [0.25, 0.3) is 16.5 Å². The van der Waals surface area contributed by atoms with Crippen LogP contribution >= 0.6 is 11.6 Å². The van der Waals surface area contributed by atoms with Gasteiger partial charge in [0.2, 0.25) is 0 Å². The standard InChI is InChI=1S/C22H22ClN3O2/c1-2-19-18-11-14(6-7-20(18)25-24-19)15-8-9-26(22(28)12-15)21(13-27)16-4-3-5-17(23)10-16/h3-12,21-22,27-28H,2,13H2,1H3,(H,24,25)/t21-,22?/m1/s1. The van der Waals surface area contributed by atoms with Gasteiger partial charge >= 0.3 is 0 Å². The summed E-state index contributed by atoms with van der Waals surface area (Å²) in [6.45, 7) is 1.96. The second kappa shape index (κ2) is 7.80. The molecule has 0 saturated carbocycles. The molecule has 5 nitrogen and oxygen atoms in total. The van der Waals surface area contributed by atoms with Crippen LogP contribution in [0.2, 0.25) is 5.02 Å². The average Bonchev–Trinajstić information content (AvgIpc) is 3.12. The van der Waals surface area contributed by atoms with Gasteiger partial charge in [-0.05, 0) is 59.5 Å². The molecule has 1 unspecified atom stereocenters. The lowest BCUT2D eigenvalue weighted by Crippen LogP contribution is -2.36. The third-order valence-corrected chi connectivity index (χ3v) is 5.38. The molecule has 1 aromatic heterocycles. The number of nitrogens with zero attached hydrogens (tertiary/aromatic N) is 2. The summed E-state index contributed by atoms with van der Waals surface area (Å²) in [6.07, 6.45) is 5.58. The number of rotatable bonds is 5. The number of halogens is 1. The fourth-order valence-corrected chi connectivity index (χ4v) is 3.83. The summed E-state index contributed by atoms with van der Waals surface area (Å²) < 4.78 is 0. The molecule has 0 spiro atoms. The largest absolute Gasteiger partial charge is 0.394 e. The average molecular weight is 396 g/mol. The van der Waals surface area contributed by atoms with Gasteiger partial charge in [-0.15, -0.1) is 0 Å². The fraction of sp³-hybridized carbons (Fsp3) is 0.227. The second-order valence-electron chi connectivity index (χ2n) is 6.84. The Morgan fingerprint density at radius 2 is 2.11 bits per heavy atom. The molecule has 1 aliphatic rings. The Bertz CT molecular complexity index is 1060. The quantitative estimate of drug-likeness (QED) is 0.609. The number of H-pyrrole nitrogens is 1. The third kappa shape index (κ3) is 3.44. The molecule has 2 atom stereocenters. The molecule has 0 amide bonds. The van der Waals surface area contributed by atoms with Gasteiger partial charge in [0, 0.05) is 22.3 Å². The molecule has 0 aliphatic carbocycles. The van der Waals surface area contributed by atoms with Crippen molar-refractivity contribution in [2.45, 2.75) is 25.6 Å². The van der Waals surface area contributed by atoms with Gasteiger partial charge in [0.25, 0.3) is 0 Å². The number of benzene rings is 2. The molecule has 28 heavy (non-hydrogen) atoms. The Labute approximate surface area is 168 Å². The smallest absolute Gasteiger partial charge is 0.147 e. The Morgan fingerprint density at radius 3 is 2.82 bits per heavy atom. The van der Waals surface area contributed by atoms with Gasteiger partial charge in [-0.25, -0.2) is 0 Å². The summed E-state index contributed by atoms with van der Waals surface area (Å²) >= 11 is 6.09. The molecule has 0 saturated heterocycles. The van der Waals surface area contributed by atoms with E-state index in [0.29, 0.717) is 5.02 Å². The maximum atomic E-state index is 10.7. The topological polar surface area (TPSA) is 72.4 Å². The van der Waals surface area contributed by atoms with Crippen LogP contribution in [-0.4, -0.2) is 38.1 Å². The van der Waals surface area contributed by atoms with Crippen LogP contribution in [0.4, 0.5) is 0 Å². The van der Waals surface area contributed by atoms with Gasteiger partial charge in [0.05, 0.1) is 18.2 Å². The summed E-state index contributed by atoms with van der Waals surface area (Å²) in [5.41, 5.74) is 4.83. The van der Waals surface area contributed by atoms with Gasteiger partial charge in [-0.3, -0.25) is 5.10 Å². The van der Waals surface area contributed by atoms with Crippen molar-refractivity contribution in [2.75, 3.05) is 6.61 Å². The molecular weight excluding hydrogens is 374 g/mol. The van der Waals surface area contributed by atoms with Crippen molar-refractivity contribution < 1.29 is 10.2 Å². The summed E-state index contributed by atoms with van der Waals surface area (Å²) in [5, 5.41) is 29.7. The Kier molecular flexibility index (Phi) is 5.22. The number of aliphatic hydroxyl groups is 2. The number of nitrogens with one attached hydrogen (secondary N) is 1. The van der Waals surface area contributed by atoms with E-state index in [-0.39, 0.29) is 12.6 Å². The molecule has 3 N–H and O–H groups in total. The molecular formula is C22H22ClN3O2. The van der Waals surface area contributed by atoms with Crippen molar-refractivity contribution in [3.05, 3.63) is 82.7 Å². The Hall–Kier alpha value is -2.60. The van der Waals surface area contributed by atoms with E-state index in [1.54, 1.807) is 23.1 Å². The van der Waals surface area contributed by atoms with Crippen LogP contribution in [0, 0.1) is 0 Å². The van der Waals surface area contributed by atoms with Gasteiger partial charge in [0.1, 0.15) is 6.23 Å². The molecule has 0 radical (unpaired) electrons. The second-order valence-corrected chi connectivity index (χ2v) is 7.28.